The van der Waals surface area contributed by atoms with Gasteiger partial charge in [-0.15, -0.1) is 0 Å². The van der Waals surface area contributed by atoms with Gasteiger partial charge in [0, 0.05) is 11.3 Å². The number of esters is 1. The third kappa shape index (κ3) is 5.43. The van der Waals surface area contributed by atoms with Crippen molar-refractivity contribution in [1.29, 1.82) is 0 Å². The average Bonchev–Trinajstić information content (AvgIpc) is 2.73. The summed E-state index contributed by atoms with van der Waals surface area (Å²) in [6.07, 6.45) is 0. The van der Waals surface area contributed by atoms with E-state index >= 15 is 0 Å². The minimum atomic E-state index is -0.817. The van der Waals surface area contributed by atoms with E-state index in [9.17, 15) is 14.4 Å². The Bertz CT molecular complexity index is 1020. The number of ether oxygens (including phenoxy) is 1. The highest BCUT2D eigenvalue weighted by Crippen LogP contribution is 2.26. The fraction of sp³-hybridized carbons (Fsp3) is 0.0455. The Labute approximate surface area is 172 Å². The number of hydrogen-bond donors (Lipinski definition) is 2. The Morgan fingerprint density at radius 3 is 2.14 bits per heavy atom. The number of benzene rings is 3. The fourth-order valence-electron chi connectivity index (χ4n) is 2.54. The molecule has 0 saturated carbocycles. The van der Waals surface area contributed by atoms with Gasteiger partial charge in [0.1, 0.15) is 5.56 Å². The van der Waals surface area contributed by atoms with Gasteiger partial charge in [-0.05, 0) is 36.4 Å². The monoisotopic (exact) mass is 408 g/mol. The maximum atomic E-state index is 12.5. The molecule has 0 bridgehead atoms. The summed E-state index contributed by atoms with van der Waals surface area (Å²) in [4.78, 5) is 36.9. The number of rotatable bonds is 6. The number of halogens is 1. The molecule has 0 unspecified atom stereocenters. The summed E-state index contributed by atoms with van der Waals surface area (Å²) in [7, 11) is 0. The Morgan fingerprint density at radius 1 is 0.793 bits per heavy atom. The molecular weight excluding hydrogens is 392 g/mol. The standard InChI is InChI=1S/C22H17ClN2O4/c23-17-12-7-13-18(25-21(27)15-8-3-1-4-9-15)20(17)22(28)29-14-19(26)24-16-10-5-2-6-11-16/h1-13H,14H2,(H,24,26)(H,25,27). The number of nitrogens with one attached hydrogen (secondary N) is 2. The number of anilines is 2. The first-order valence-corrected chi connectivity index (χ1v) is 9.09. The fourth-order valence-corrected chi connectivity index (χ4v) is 2.79. The number of amides is 2. The van der Waals surface area contributed by atoms with Crippen molar-refractivity contribution in [2.24, 2.45) is 0 Å². The maximum Gasteiger partial charge on any atom is 0.342 e. The lowest BCUT2D eigenvalue weighted by atomic mass is 10.1. The molecule has 0 fully saturated rings. The third-order valence-corrected chi connectivity index (χ3v) is 4.21. The van der Waals surface area contributed by atoms with Gasteiger partial charge < -0.3 is 15.4 Å². The van der Waals surface area contributed by atoms with Crippen molar-refractivity contribution < 1.29 is 19.1 Å². The van der Waals surface area contributed by atoms with E-state index in [1.54, 1.807) is 60.7 Å². The second-order valence-electron chi connectivity index (χ2n) is 5.97. The topological polar surface area (TPSA) is 84.5 Å². The van der Waals surface area contributed by atoms with E-state index < -0.39 is 24.4 Å². The molecule has 0 radical (unpaired) electrons. The molecule has 3 aromatic rings. The van der Waals surface area contributed by atoms with Crippen LogP contribution in [0.2, 0.25) is 5.02 Å². The second-order valence-corrected chi connectivity index (χ2v) is 6.38. The molecule has 3 aromatic carbocycles. The number of carbonyl (C=O) groups is 3. The maximum absolute atomic E-state index is 12.5. The van der Waals surface area contributed by atoms with Gasteiger partial charge in [-0.3, -0.25) is 9.59 Å². The summed E-state index contributed by atoms with van der Waals surface area (Å²) in [6, 6.07) is 22.0. The van der Waals surface area contributed by atoms with Gasteiger partial charge >= 0.3 is 5.97 Å². The molecule has 0 aliphatic heterocycles. The lowest BCUT2D eigenvalue weighted by Crippen LogP contribution is -2.22. The highest BCUT2D eigenvalue weighted by molar-refractivity contribution is 6.34. The highest BCUT2D eigenvalue weighted by Gasteiger charge is 2.20. The van der Waals surface area contributed by atoms with Gasteiger partial charge in [0.25, 0.3) is 11.8 Å². The van der Waals surface area contributed by atoms with Crippen LogP contribution < -0.4 is 10.6 Å². The van der Waals surface area contributed by atoms with Crippen molar-refractivity contribution in [2.45, 2.75) is 0 Å². The van der Waals surface area contributed by atoms with Gasteiger partial charge in [0.2, 0.25) is 0 Å². The normalized spacial score (nSPS) is 10.1. The molecule has 0 spiro atoms. The van der Waals surface area contributed by atoms with Crippen LogP contribution in [0, 0.1) is 0 Å². The van der Waals surface area contributed by atoms with Gasteiger partial charge in [-0.1, -0.05) is 54.1 Å². The van der Waals surface area contributed by atoms with Crippen LogP contribution in [0.1, 0.15) is 20.7 Å². The molecule has 3 rings (SSSR count). The summed E-state index contributed by atoms with van der Waals surface area (Å²) in [5, 5.41) is 5.37. The van der Waals surface area contributed by atoms with Crippen molar-refractivity contribution in [3.63, 3.8) is 0 Å². The van der Waals surface area contributed by atoms with Crippen LogP contribution in [0.25, 0.3) is 0 Å². The van der Waals surface area contributed by atoms with E-state index in [4.69, 9.17) is 16.3 Å². The van der Waals surface area contributed by atoms with Crippen LogP contribution in [0.15, 0.2) is 78.9 Å². The summed E-state index contributed by atoms with van der Waals surface area (Å²) >= 11 is 6.15. The SMILES string of the molecule is O=C(COC(=O)c1c(Cl)cccc1NC(=O)c1ccccc1)Nc1ccccc1. The van der Waals surface area contributed by atoms with Crippen LogP contribution in [-0.4, -0.2) is 24.4 Å². The zero-order valence-corrected chi connectivity index (χ0v) is 16.0. The molecule has 0 aliphatic carbocycles. The van der Waals surface area contributed by atoms with Gasteiger partial charge in [-0.25, -0.2) is 4.79 Å². The largest absolute Gasteiger partial charge is 0.452 e. The quantitative estimate of drug-likeness (QED) is 0.592. The Hall–Kier alpha value is -3.64. The molecular formula is C22H17ClN2O4. The van der Waals surface area contributed by atoms with E-state index in [2.05, 4.69) is 10.6 Å². The van der Waals surface area contributed by atoms with Crippen molar-refractivity contribution in [1.82, 2.24) is 0 Å². The molecule has 29 heavy (non-hydrogen) atoms. The van der Waals surface area contributed by atoms with Crippen molar-refractivity contribution in [2.75, 3.05) is 17.2 Å². The second kappa shape index (κ2) is 9.52. The summed E-state index contributed by atoms with van der Waals surface area (Å²) in [5.41, 5.74) is 1.18. The smallest absolute Gasteiger partial charge is 0.342 e. The lowest BCUT2D eigenvalue weighted by Gasteiger charge is -2.12. The minimum Gasteiger partial charge on any atom is -0.452 e. The minimum absolute atomic E-state index is 0.0223. The lowest BCUT2D eigenvalue weighted by molar-refractivity contribution is -0.119. The van der Waals surface area contributed by atoms with Gasteiger partial charge in [0.15, 0.2) is 6.61 Å². The molecule has 2 N–H and O–H groups in total. The highest BCUT2D eigenvalue weighted by atomic mass is 35.5. The average molecular weight is 409 g/mol. The van der Waals surface area contributed by atoms with Gasteiger partial charge in [-0.2, -0.15) is 0 Å². The van der Waals surface area contributed by atoms with Crippen LogP contribution in [0.4, 0.5) is 11.4 Å². The molecule has 6 nitrogen and oxygen atoms in total. The molecule has 0 atom stereocenters. The molecule has 146 valence electrons. The first-order chi connectivity index (χ1) is 14.0. The third-order valence-electron chi connectivity index (χ3n) is 3.89. The number of hydrogen-bond acceptors (Lipinski definition) is 4. The number of para-hydroxylation sites is 1. The van der Waals surface area contributed by atoms with Crippen LogP contribution in [-0.2, 0) is 9.53 Å². The molecule has 7 heteroatoms. The van der Waals surface area contributed by atoms with Crippen LogP contribution in [0.3, 0.4) is 0 Å². The number of carbonyl (C=O) groups excluding carboxylic acids is 3. The molecule has 2 amide bonds. The Balaban J connectivity index is 1.68. The van der Waals surface area contributed by atoms with Gasteiger partial charge in [0.05, 0.1) is 10.7 Å². The zero-order chi connectivity index (χ0) is 20.6. The zero-order valence-electron chi connectivity index (χ0n) is 15.2. The first kappa shape index (κ1) is 20.1. The van der Waals surface area contributed by atoms with Crippen molar-refractivity contribution >= 4 is 40.8 Å². The van der Waals surface area contributed by atoms with Crippen molar-refractivity contribution in [3.8, 4) is 0 Å². The molecule has 0 saturated heterocycles. The summed E-state index contributed by atoms with van der Waals surface area (Å²) in [5.74, 6) is -1.71. The molecule has 0 aliphatic rings. The summed E-state index contributed by atoms with van der Waals surface area (Å²) < 4.78 is 5.08. The Morgan fingerprint density at radius 2 is 1.45 bits per heavy atom. The van der Waals surface area contributed by atoms with E-state index in [1.165, 1.54) is 12.1 Å². The molecule has 0 heterocycles. The van der Waals surface area contributed by atoms with Crippen LogP contribution in [0.5, 0.6) is 0 Å². The predicted octanol–water partition coefficient (Wildman–Crippen LogP) is 4.39. The van der Waals surface area contributed by atoms with E-state index in [0.717, 1.165) is 0 Å². The van der Waals surface area contributed by atoms with E-state index in [1.807, 2.05) is 6.07 Å². The molecule has 0 aromatic heterocycles. The van der Waals surface area contributed by atoms with Crippen LogP contribution >= 0.6 is 11.6 Å². The van der Waals surface area contributed by atoms with Crippen molar-refractivity contribution in [3.05, 3.63) is 95.0 Å². The Kier molecular flexibility index (Phi) is 6.60. The predicted molar refractivity (Wildman–Crippen MR) is 111 cm³/mol. The summed E-state index contributed by atoms with van der Waals surface area (Å²) in [6.45, 7) is -0.495. The van der Waals surface area contributed by atoms with E-state index in [0.29, 0.717) is 11.3 Å². The first-order valence-electron chi connectivity index (χ1n) is 8.71. The van der Waals surface area contributed by atoms with E-state index in [-0.39, 0.29) is 16.3 Å².